The summed E-state index contributed by atoms with van der Waals surface area (Å²) in [6, 6.07) is 0.408. The zero-order valence-electron chi connectivity index (χ0n) is 9.63. The topological polar surface area (TPSA) is 66.7 Å². The molecule has 1 aliphatic carbocycles. The number of nitrogens with zero attached hydrogens (tertiary/aromatic N) is 1. The van der Waals surface area contributed by atoms with Crippen molar-refractivity contribution in [1.82, 2.24) is 15.3 Å². The molecule has 2 heterocycles. The number of rotatable bonds is 1. The van der Waals surface area contributed by atoms with Gasteiger partial charge in [0.1, 0.15) is 0 Å². The third-order valence-corrected chi connectivity index (χ3v) is 4.09. The predicted octanol–water partition coefficient (Wildman–Crippen LogP) is 1.04. The molecule has 1 fully saturated rings. The summed E-state index contributed by atoms with van der Waals surface area (Å²) in [6.45, 7) is 0.709. The fourth-order valence-corrected chi connectivity index (χ4v) is 3.32. The summed E-state index contributed by atoms with van der Waals surface area (Å²) >= 11 is 0. The Hall–Kier alpha value is -0.870. The fraction of sp³-hybridized carbons (Fsp3) is 0.750. The second-order valence-electron chi connectivity index (χ2n) is 5.15. The molecule has 4 heteroatoms. The highest BCUT2D eigenvalue weighted by Gasteiger charge is 2.42. The molecular weight excluding hydrogens is 200 g/mol. The van der Waals surface area contributed by atoms with Crippen LogP contribution in [0.5, 0.6) is 0 Å². The second kappa shape index (κ2) is 3.86. The number of aromatic nitrogens is 2. The summed E-state index contributed by atoms with van der Waals surface area (Å²) in [5, 5.41) is 3.75. The molecule has 16 heavy (non-hydrogen) atoms. The quantitative estimate of drug-likeness (QED) is 0.662. The third-order valence-electron chi connectivity index (χ3n) is 4.09. The number of nitrogens with two attached hydrogens (primary N) is 1. The lowest BCUT2D eigenvalue weighted by Crippen LogP contribution is -2.56. The van der Waals surface area contributed by atoms with Crippen molar-refractivity contribution in [3.8, 4) is 0 Å². The van der Waals surface area contributed by atoms with Crippen molar-refractivity contribution in [3.05, 3.63) is 17.7 Å². The largest absolute Gasteiger partial charge is 0.348 e. The molecular formula is C12H20N4. The Labute approximate surface area is 96.0 Å². The first-order valence-corrected chi connectivity index (χ1v) is 6.34. The van der Waals surface area contributed by atoms with Crippen LogP contribution in [0.2, 0.25) is 0 Å². The molecule has 3 rings (SSSR count). The van der Waals surface area contributed by atoms with Gasteiger partial charge < -0.3 is 16.0 Å². The van der Waals surface area contributed by atoms with Gasteiger partial charge in [-0.05, 0) is 12.8 Å². The van der Waals surface area contributed by atoms with Crippen LogP contribution in [-0.2, 0) is 12.0 Å². The van der Waals surface area contributed by atoms with Crippen LogP contribution >= 0.6 is 0 Å². The number of imidazole rings is 1. The molecule has 4 nitrogen and oxygen atoms in total. The van der Waals surface area contributed by atoms with Gasteiger partial charge in [-0.25, -0.2) is 4.98 Å². The van der Waals surface area contributed by atoms with Crippen LogP contribution in [-0.4, -0.2) is 22.6 Å². The average Bonchev–Trinajstić information content (AvgIpc) is 2.79. The van der Waals surface area contributed by atoms with Gasteiger partial charge in [0.15, 0.2) is 0 Å². The molecule has 1 unspecified atom stereocenters. The lowest BCUT2D eigenvalue weighted by molar-refractivity contribution is 0.187. The van der Waals surface area contributed by atoms with Crippen molar-refractivity contribution in [3.63, 3.8) is 0 Å². The highest BCUT2D eigenvalue weighted by Crippen LogP contribution is 2.40. The maximum absolute atomic E-state index is 5.82. The van der Waals surface area contributed by atoms with Crippen molar-refractivity contribution < 1.29 is 0 Å². The molecule has 0 saturated heterocycles. The van der Waals surface area contributed by atoms with Gasteiger partial charge in [0.25, 0.3) is 0 Å². The van der Waals surface area contributed by atoms with Crippen molar-refractivity contribution in [2.75, 3.05) is 6.54 Å². The summed E-state index contributed by atoms with van der Waals surface area (Å²) in [4.78, 5) is 7.83. The van der Waals surface area contributed by atoms with E-state index in [4.69, 9.17) is 5.73 Å². The average molecular weight is 220 g/mol. The lowest BCUT2D eigenvalue weighted by Gasteiger charge is -2.43. The fourth-order valence-electron chi connectivity index (χ4n) is 3.32. The van der Waals surface area contributed by atoms with E-state index >= 15 is 0 Å². The van der Waals surface area contributed by atoms with Crippen LogP contribution < -0.4 is 11.1 Å². The van der Waals surface area contributed by atoms with E-state index in [2.05, 4.69) is 15.3 Å². The minimum Gasteiger partial charge on any atom is -0.348 e. The van der Waals surface area contributed by atoms with Crippen LogP contribution in [0.15, 0.2) is 6.33 Å². The summed E-state index contributed by atoms with van der Waals surface area (Å²) < 4.78 is 0. The molecule has 0 bridgehead atoms. The molecule has 0 amide bonds. The summed E-state index contributed by atoms with van der Waals surface area (Å²) in [7, 11) is 0. The minimum absolute atomic E-state index is 0.121. The molecule has 1 atom stereocenters. The zero-order valence-corrected chi connectivity index (χ0v) is 9.63. The van der Waals surface area contributed by atoms with E-state index in [0.29, 0.717) is 12.6 Å². The summed E-state index contributed by atoms with van der Waals surface area (Å²) in [6.07, 6.45) is 9.21. The summed E-state index contributed by atoms with van der Waals surface area (Å²) in [5.74, 6) is 0. The molecule has 0 aromatic carbocycles. The van der Waals surface area contributed by atoms with Gasteiger partial charge in [-0.3, -0.25) is 0 Å². The van der Waals surface area contributed by atoms with E-state index in [1.165, 1.54) is 43.5 Å². The van der Waals surface area contributed by atoms with Crippen LogP contribution in [0.25, 0.3) is 0 Å². The van der Waals surface area contributed by atoms with Crippen LogP contribution in [0.1, 0.15) is 43.5 Å². The smallest absolute Gasteiger partial charge is 0.0926 e. The minimum atomic E-state index is 0.121. The number of H-pyrrole nitrogens is 1. The molecule has 0 radical (unpaired) electrons. The monoisotopic (exact) mass is 220 g/mol. The molecule has 1 spiro atoms. The third kappa shape index (κ3) is 1.48. The van der Waals surface area contributed by atoms with E-state index in [1.54, 1.807) is 0 Å². The normalized spacial score (nSPS) is 27.9. The highest BCUT2D eigenvalue weighted by atomic mass is 15.1. The van der Waals surface area contributed by atoms with Gasteiger partial charge in [0, 0.05) is 24.7 Å². The zero-order chi connectivity index (χ0) is 11.0. The van der Waals surface area contributed by atoms with Gasteiger partial charge in [-0.1, -0.05) is 19.3 Å². The van der Waals surface area contributed by atoms with Gasteiger partial charge in [-0.15, -0.1) is 0 Å². The highest BCUT2D eigenvalue weighted by molar-refractivity contribution is 5.27. The van der Waals surface area contributed by atoms with Gasteiger partial charge in [0.2, 0.25) is 0 Å². The van der Waals surface area contributed by atoms with Gasteiger partial charge in [-0.2, -0.15) is 0 Å². The molecule has 88 valence electrons. The maximum atomic E-state index is 5.82. The van der Waals surface area contributed by atoms with E-state index < -0.39 is 0 Å². The second-order valence-corrected chi connectivity index (χ2v) is 5.15. The molecule has 1 aliphatic heterocycles. The molecule has 4 N–H and O–H groups in total. The first-order valence-electron chi connectivity index (χ1n) is 6.34. The van der Waals surface area contributed by atoms with Crippen molar-refractivity contribution >= 4 is 0 Å². The van der Waals surface area contributed by atoms with Gasteiger partial charge in [0.05, 0.1) is 17.6 Å². The number of hydrogen-bond acceptors (Lipinski definition) is 3. The lowest BCUT2D eigenvalue weighted by atomic mass is 9.75. The van der Waals surface area contributed by atoms with E-state index in [1.807, 2.05) is 6.33 Å². The van der Waals surface area contributed by atoms with Crippen molar-refractivity contribution in [1.29, 1.82) is 0 Å². The Kier molecular flexibility index (Phi) is 2.48. The van der Waals surface area contributed by atoms with E-state index in [-0.39, 0.29) is 5.54 Å². The van der Waals surface area contributed by atoms with E-state index in [9.17, 15) is 0 Å². The molecule has 1 saturated carbocycles. The Morgan fingerprint density at radius 1 is 1.38 bits per heavy atom. The van der Waals surface area contributed by atoms with E-state index in [0.717, 1.165) is 6.42 Å². The van der Waals surface area contributed by atoms with Gasteiger partial charge >= 0.3 is 0 Å². The Morgan fingerprint density at radius 2 is 2.19 bits per heavy atom. The number of hydrogen-bond donors (Lipinski definition) is 3. The van der Waals surface area contributed by atoms with Crippen molar-refractivity contribution in [2.45, 2.75) is 50.1 Å². The first kappa shape index (κ1) is 10.3. The number of nitrogens with one attached hydrogen (secondary N) is 2. The Balaban J connectivity index is 1.98. The Morgan fingerprint density at radius 3 is 2.94 bits per heavy atom. The maximum Gasteiger partial charge on any atom is 0.0926 e. The van der Waals surface area contributed by atoms with Crippen LogP contribution in [0.4, 0.5) is 0 Å². The SMILES string of the molecule is NCC1Cc2[nH]cnc2C2(CCCCC2)N1. The molecule has 1 aromatic heterocycles. The molecule has 2 aliphatic rings. The number of aromatic amines is 1. The Bertz CT molecular complexity index is 365. The first-order chi connectivity index (χ1) is 7.84. The number of fused-ring (bicyclic) bond motifs is 2. The predicted molar refractivity (Wildman–Crippen MR) is 63.0 cm³/mol. The van der Waals surface area contributed by atoms with Crippen molar-refractivity contribution in [2.24, 2.45) is 5.73 Å². The summed E-state index contributed by atoms with van der Waals surface area (Å²) in [5.41, 5.74) is 8.51. The van der Waals surface area contributed by atoms with Crippen LogP contribution in [0, 0.1) is 0 Å². The molecule has 1 aromatic rings. The standard InChI is InChI=1S/C12H20N4/c13-7-9-6-10-11(15-8-14-10)12(16-9)4-2-1-3-5-12/h8-9,16H,1-7,13H2,(H,14,15). The van der Waals surface area contributed by atoms with Crippen LogP contribution in [0.3, 0.4) is 0 Å².